The number of fused-ring (bicyclic) bond motifs is 12. The third kappa shape index (κ3) is 6.48. The molecule has 0 aliphatic carbocycles. The van der Waals surface area contributed by atoms with Crippen molar-refractivity contribution in [1.29, 1.82) is 0 Å². The zero-order chi connectivity index (χ0) is 50.1. The quantitative estimate of drug-likeness (QED) is 0.134. The molecule has 4 aromatic heterocycles. The Morgan fingerprint density at radius 1 is 0.307 bits per heavy atom. The van der Waals surface area contributed by atoms with Crippen molar-refractivity contribution in [2.75, 3.05) is 9.80 Å². The van der Waals surface area contributed by atoms with E-state index in [0.29, 0.717) is 0 Å². The summed E-state index contributed by atoms with van der Waals surface area (Å²) >= 11 is 0. The maximum atomic E-state index is 2.62. The average molecular weight is 977 g/mol. The molecule has 0 aliphatic rings. The van der Waals surface area contributed by atoms with Crippen LogP contribution in [0.25, 0.3) is 98.4 Å². The van der Waals surface area contributed by atoms with Gasteiger partial charge >= 0.3 is 0 Å². The van der Waals surface area contributed by atoms with Gasteiger partial charge in [0.25, 0.3) is 0 Å². The Hall–Kier alpha value is -9.16. The third-order valence-electron chi connectivity index (χ3n) is 15.9. The zero-order valence-electron chi connectivity index (χ0n) is 42.4. The molecule has 4 nitrogen and oxygen atoms in total. The van der Waals surface area contributed by atoms with Gasteiger partial charge in [-0.3, -0.25) is 0 Å². The molecule has 0 unspecified atom stereocenters. The lowest BCUT2D eigenvalue weighted by atomic mass is 9.89. The van der Waals surface area contributed by atoms with Crippen LogP contribution in [0.15, 0.2) is 243 Å². The summed E-state index contributed by atoms with van der Waals surface area (Å²) in [6.45, 7) is 9.40. The summed E-state index contributed by atoms with van der Waals surface area (Å²) < 4.78 is 5.23. The Bertz CT molecular complexity index is 4650. The van der Waals surface area contributed by atoms with E-state index in [1.165, 1.54) is 109 Å². The van der Waals surface area contributed by atoms with E-state index in [0.717, 1.165) is 34.1 Å². The van der Waals surface area contributed by atoms with Crippen LogP contribution in [0.2, 0.25) is 19.6 Å². The van der Waals surface area contributed by atoms with Crippen molar-refractivity contribution in [2.24, 2.45) is 0 Å². The van der Waals surface area contributed by atoms with Crippen LogP contribution in [0, 0.1) is 6.92 Å². The number of nitrogens with zero attached hydrogens (tertiary/aromatic N) is 4. The van der Waals surface area contributed by atoms with Gasteiger partial charge in [0.2, 0.25) is 0 Å². The van der Waals surface area contributed by atoms with Crippen molar-refractivity contribution in [3.63, 3.8) is 0 Å². The molecule has 0 atom stereocenters. The summed E-state index contributed by atoms with van der Waals surface area (Å²) in [6.07, 6.45) is 0. The van der Waals surface area contributed by atoms with E-state index in [1.54, 1.807) is 0 Å². The summed E-state index contributed by atoms with van der Waals surface area (Å²) in [7, 11) is -1.50. The number of anilines is 6. The minimum absolute atomic E-state index is 1.12. The molecule has 15 aromatic rings. The van der Waals surface area contributed by atoms with Gasteiger partial charge in [0.15, 0.2) is 0 Å². The molecule has 0 fully saturated rings. The molecule has 0 radical (unpaired) electrons. The van der Waals surface area contributed by atoms with Crippen LogP contribution in [-0.2, 0) is 0 Å². The Morgan fingerprint density at radius 2 is 0.667 bits per heavy atom. The normalized spacial score (nSPS) is 12.3. The van der Waals surface area contributed by atoms with Crippen molar-refractivity contribution in [3.8, 4) is 22.3 Å². The molecule has 356 valence electrons. The van der Waals surface area contributed by atoms with E-state index >= 15 is 0 Å². The first-order valence-electron chi connectivity index (χ1n) is 26.2. The van der Waals surface area contributed by atoms with Crippen molar-refractivity contribution < 1.29 is 0 Å². The summed E-state index contributed by atoms with van der Waals surface area (Å²) in [5, 5.41) is 11.5. The van der Waals surface area contributed by atoms with Crippen LogP contribution in [0.3, 0.4) is 0 Å². The first-order valence-corrected chi connectivity index (χ1v) is 29.7. The topological polar surface area (TPSA) is 15.3 Å². The molecule has 4 heterocycles. The van der Waals surface area contributed by atoms with Gasteiger partial charge in [0.1, 0.15) is 0 Å². The second-order valence-corrected chi connectivity index (χ2v) is 26.5. The maximum absolute atomic E-state index is 2.62. The molecule has 11 aromatic carbocycles. The Kier molecular flexibility index (Phi) is 9.51. The minimum Gasteiger partial charge on any atom is -0.310 e. The van der Waals surface area contributed by atoms with Crippen molar-refractivity contribution in [2.45, 2.75) is 26.6 Å². The van der Waals surface area contributed by atoms with Crippen LogP contribution in [0.5, 0.6) is 0 Å². The van der Waals surface area contributed by atoms with Gasteiger partial charge < -0.3 is 18.6 Å². The third-order valence-corrected chi connectivity index (χ3v) is 18.0. The fourth-order valence-corrected chi connectivity index (χ4v) is 13.7. The largest absolute Gasteiger partial charge is 0.310 e. The fourth-order valence-electron chi connectivity index (χ4n) is 12.6. The molecule has 0 amide bonds. The highest BCUT2D eigenvalue weighted by molar-refractivity contribution is 6.88. The van der Waals surface area contributed by atoms with Gasteiger partial charge in [0, 0.05) is 88.3 Å². The number of aryl methyl sites for hydroxylation is 1. The second kappa shape index (κ2) is 16.4. The number of rotatable bonds is 9. The van der Waals surface area contributed by atoms with Crippen LogP contribution >= 0.6 is 0 Å². The summed E-state index contributed by atoms with van der Waals surface area (Å²) in [6, 6.07) is 90.3. The molecule has 0 bridgehead atoms. The van der Waals surface area contributed by atoms with Gasteiger partial charge in [0.05, 0.1) is 41.2 Å². The van der Waals surface area contributed by atoms with Crippen molar-refractivity contribution in [3.05, 3.63) is 248 Å². The molecule has 0 N–H and O–H groups in total. The fraction of sp³-hybridized carbons (Fsp3) is 0.0571. The van der Waals surface area contributed by atoms with E-state index in [2.05, 4.69) is 288 Å². The Morgan fingerprint density at radius 3 is 1.08 bits per heavy atom. The van der Waals surface area contributed by atoms with E-state index < -0.39 is 8.07 Å². The molecular weight excluding hydrogens is 925 g/mol. The van der Waals surface area contributed by atoms with Gasteiger partial charge in [-0.1, -0.05) is 188 Å². The van der Waals surface area contributed by atoms with Gasteiger partial charge in [-0.25, -0.2) is 0 Å². The van der Waals surface area contributed by atoms with Gasteiger partial charge in [-0.05, 0) is 103 Å². The molecule has 0 aliphatic heterocycles. The molecule has 75 heavy (non-hydrogen) atoms. The second-order valence-electron chi connectivity index (χ2n) is 21.4. The zero-order valence-corrected chi connectivity index (χ0v) is 43.4. The van der Waals surface area contributed by atoms with Gasteiger partial charge in [-0.15, -0.1) is 0 Å². The van der Waals surface area contributed by atoms with E-state index in [9.17, 15) is 0 Å². The van der Waals surface area contributed by atoms with Crippen LogP contribution < -0.4 is 15.0 Å². The predicted molar refractivity (Wildman–Crippen MR) is 324 cm³/mol. The molecule has 0 saturated carbocycles. The molecule has 15 rings (SSSR count). The summed E-state index contributed by atoms with van der Waals surface area (Å²) in [4.78, 5) is 4.80. The SMILES string of the molecule is Cc1ccc(N(c2ccccc2)c2ccc3c(c2)c2cccc4c5c(-c6ccccc6)c6c(c(-c7ccccc7)c5n3c24)c2cccc3c4cc(N(c5ccccc5)c5ccc([Si](C)(C)C)cc5)ccc4n6c32)cc1. The molecule has 5 heteroatoms. The highest BCUT2D eigenvalue weighted by Gasteiger charge is 2.31. The van der Waals surface area contributed by atoms with E-state index in [-0.39, 0.29) is 0 Å². The minimum atomic E-state index is -1.50. The number of benzene rings is 11. The van der Waals surface area contributed by atoms with Crippen molar-refractivity contribution in [1.82, 2.24) is 8.80 Å². The lowest BCUT2D eigenvalue weighted by Crippen LogP contribution is -2.37. The summed E-state index contributed by atoms with van der Waals surface area (Å²) in [5.41, 5.74) is 20.3. The average Bonchev–Trinajstić information content (AvgIpc) is 4.37. The first kappa shape index (κ1) is 43.4. The molecule has 0 saturated heterocycles. The smallest absolute Gasteiger partial charge is 0.0775 e. The van der Waals surface area contributed by atoms with Gasteiger partial charge in [-0.2, -0.15) is 0 Å². The maximum Gasteiger partial charge on any atom is 0.0775 e. The van der Waals surface area contributed by atoms with E-state index in [1.807, 2.05) is 0 Å². The molecule has 0 spiro atoms. The van der Waals surface area contributed by atoms with E-state index in [4.69, 9.17) is 0 Å². The Labute approximate surface area is 436 Å². The monoisotopic (exact) mass is 976 g/mol. The lowest BCUT2D eigenvalue weighted by Gasteiger charge is -2.26. The first-order chi connectivity index (χ1) is 36.8. The highest BCUT2D eigenvalue weighted by Crippen LogP contribution is 2.54. The van der Waals surface area contributed by atoms with Crippen molar-refractivity contribution >= 4 is 124 Å². The predicted octanol–water partition coefficient (Wildman–Crippen LogP) is 19.1. The number of hydrogen-bond donors (Lipinski definition) is 0. The van der Waals surface area contributed by atoms with Crippen LogP contribution in [0.1, 0.15) is 5.56 Å². The summed E-state index contributed by atoms with van der Waals surface area (Å²) in [5.74, 6) is 0. The Balaban J connectivity index is 1.06. The standard InChI is InChI=1S/C70H52N4Si/c1-45-31-33-50(34-32-45)71(48-23-13-7-14-24-48)52-37-41-61-59(43-52)55-27-17-29-57-65-64(47-21-11-6-12-22-47)70-66(63(46-19-9-5-10-20-46)69(65)73(61)67(55)57)58-30-18-28-56-60-44-53(38-42-62(60)74(70)68(56)58)72(49-25-15-8-16-26-49)51-35-39-54(40-36-51)75(2,3)4/h5-44H,1-4H3. The van der Waals surface area contributed by atoms with Crippen LogP contribution in [-0.4, -0.2) is 16.9 Å². The molecular formula is C70H52N4Si. The number of para-hydroxylation sites is 4. The number of aromatic nitrogens is 2. The lowest BCUT2D eigenvalue weighted by molar-refractivity contribution is 1.28. The number of hydrogen-bond acceptors (Lipinski definition) is 2. The highest BCUT2D eigenvalue weighted by atomic mass is 28.3. The van der Waals surface area contributed by atoms with Crippen LogP contribution in [0.4, 0.5) is 34.1 Å².